The Morgan fingerprint density at radius 2 is 2.00 bits per heavy atom. The number of ether oxygens (including phenoxy) is 1. The van der Waals surface area contributed by atoms with E-state index >= 15 is 0 Å². The second kappa shape index (κ2) is 6.81. The molecule has 0 aliphatic carbocycles. The minimum absolute atomic E-state index is 0.305. The molecule has 136 valence electrons. The molecule has 1 N–H and O–H groups in total. The molecule has 8 heteroatoms. The van der Waals surface area contributed by atoms with Crippen LogP contribution in [0, 0.1) is 12.7 Å². The molecule has 1 aromatic carbocycles. The predicted molar refractivity (Wildman–Crippen MR) is 102 cm³/mol. The molecule has 0 spiro atoms. The summed E-state index contributed by atoms with van der Waals surface area (Å²) >= 11 is 1.30. The number of nitrogens with zero attached hydrogens (tertiary/aromatic N) is 3. The molecule has 1 amide bonds. The molecule has 0 fully saturated rings. The molecule has 0 aliphatic rings. The highest BCUT2D eigenvalue weighted by atomic mass is 32.1. The standard InChI is InChI=1S/C19H15FN4O2S/c1-11-16(24-9-3-4-15(26-2)17(24)21-11)18(25)23-19-22-14(10-27-19)12-5-7-13(20)8-6-12/h3-10H,1-2H3,(H,22,23,25). The average Bonchev–Trinajstić information content (AvgIpc) is 3.25. The van der Waals surface area contributed by atoms with Gasteiger partial charge in [0.05, 0.1) is 18.5 Å². The number of rotatable bonds is 4. The summed E-state index contributed by atoms with van der Waals surface area (Å²) in [5.41, 5.74) is 3.04. The fraction of sp³-hybridized carbons (Fsp3) is 0.105. The molecular weight excluding hydrogens is 367 g/mol. The Labute approximate surface area is 158 Å². The lowest BCUT2D eigenvalue weighted by Crippen LogP contribution is -2.15. The number of nitrogens with one attached hydrogen (secondary N) is 1. The van der Waals surface area contributed by atoms with Crippen molar-refractivity contribution in [1.29, 1.82) is 0 Å². The third kappa shape index (κ3) is 3.15. The van der Waals surface area contributed by atoms with Crippen LogP contribution in [0.25, 0.3) is 16.9 Å². The normalized spacial score (nSPS) is 10.9. The van der Waals surface area contributed by atoms with Crippen LogP contribution in [0.3, 0.4) is 0 Å². The van der Waals surface area contributed by atoms with Crippen molar-refractivity contribution in [2.45, 2.75) is 6.92 Å². The number of carbonyl (C=O) groups is 1. The summed E-state index contributed by atoms with van der Waals surface area (Å²) in [7, 11) is 1.56. The van der Waals surface area contributed by atoms with Crippen LogP contribution in [0.5, 0.6) is 5.75 Å². The van der Waals surface area contributed by atoms with Gasteiger partial charge in [-0.15, -0.1) is 11.3 Å². The number of benzene rings is 1. The Balaban J connectivity index is 1.63. The summed E-state index contributed by atoms with van der Waals surface area (Å²) in [5, 5.41) is 5.08. The van der Waals surface area contributed by atoms with E-state index in [0.717, 1.165) is 5.56 Å². The van der Waals surface area contributed by atoms with Crippen molar-refractivity contribution in [2.75, 3.05) is 12.4 Å². The second-order valence-corrected chi connectivity index (χ2v) is 6.67. The van der Waals surface area contributed by atoms with E-state index in [2.05, 4.69) is 15.3 Å². The number of thiazole rings is 1. The van der Waals surface area contributed by atoms with E-state index in [0.29, 0.717) is 33.6 Å². The number of fused-ring (bicyclic) bond motifs is 1. The van der Waals surface area contributed by atoms with Gasteiger partial charge in [0.1, 0.15) is 11.5 Å². The van der Waals surface area contributed by atoms with Crippen LogP contribution in [-0.2, 0) is 0 Å². The van der Waals surface area contributed by atoms with E-state index in [9.17, 15) is 9.18 Å². The molecule has 3 aromatic heterocycles. The molecule has 6 nitrogen and oxygen atoms in total. The monoisotopic (exact) mass is 382 g/mol. The zero-order chi connectivity index (χ0) is 19.0. The Kier molecular flexibility index (Phi) is 4.33. The lowest BCUT2D eigenvalue weighted by molar-refractivity contribution is 0.102. The van der Waals surface area contributed by atoms with Crippen LogP contribution in [0.15, 0.2) is 48.0 Å². The largest absolute Gasteiger partial charge is 0.493 e. The predicted octanol–water partition coefficient (Wildman–Crippen LogP) is 4.17. The molecule has 0 unspecified atom stereocenters. The Morgan fingerprint density at radius 1 is 1.22 bits per heavy atom. The molecule has 0 bridgehead atoms. The molecule has 0 saturated carbocycles. The first-order valence-electron chi connectivity index (χ1n) is 8.11. The molecular formula is C19H15FN4O2S. The van der Waals surface area contributed by atoms with Crippen molar-refractivity contribution in [3.8, 4) is 17.0 Å². The minimum Gasteiger partial charge on any atom is -0.493 e. The molecule has 4 aromatic rings. The van der Waals surface area contributed by atoms with Gasteiger partial charge in [-0.2, -0.15) is 0 Å². The Morgan fingerprint density at radius 3 is 2.74 bits per heavy atom. The molecule has 0 atom stereocenters. The van der Waals surface area contributed by atoms with Crippen LogP contribution >= 0.6 is 11.3 Å². The number of hydrogen-bond donors (Lipinski definition) is 1. The second-order valence-electron chi connectivity index (χ2n) is 5.81. The lowest BCUT2D eigenvalue weighted by Gasteiger charge is -2.05. The number of aryl methyl sites for hydroxylation is 1. The first-order chi connectivity index (χ1) is 13.1. The number of anilines is 1. The van der Waals surface area contributed by atoms with E-state index in [-0.39, 0.29) is 11.7 Å². The van der Waals surface area contributed by atoms with Crippen molar-refractivity contribution < 1.29 is 13.9 Å². The van der Waals surface area contributed by atoms with Gasteiger partial charge in [0, 0.05) is 17.1 Å². The first kappa shape index (κ1) is 17.2. The van der Waals surface area contributed by atoms with Crippen molar-refractivity contribution in [3.63, 3.8) is 0 Å². The highest BCUT2D eigenvalue weighted by Gasteiger charge is 2.19. The van der Waals surface area contributed by atoms with Gasteiger partial charge in [0.15, 0.2) is 16.5 Å². The van der Waals surface area contributed by atoms with Crippen molar-refractivity contribution >= 4 is 28.0 Å². The zero-order valence-corrected chi connectivity index (χ0v) is 15.4. The first-order valence-corrected chi connectivity index (χ1v) is 8.99. The van der Waals surface area contributed by atoms with Crippen LogP contribution in [0.1, 0.15) is 16.2 Å². The SMILES string of the molecule is COc1cccn2c(C(=O)Nc3nc(-c4ccc(F)cc4)cs3)c(C)nc12. The summed E-state index contributed by atoms with van der Waals surface area (Å²) < 4.78 is 20.1. The van der Waals surface area contributed by atoms with Crippen molar-refractivity contribution in [1.82, 2.24) is 14.4 Å². The molecule has 27 heavy (non-hydrogen) atoms. The van der Waals surface area contributed by atoms with Gasteiger partial charge in [-0.1, -0.05) is 0 Å². The van der Waals surface area contributed by atoms with Crippen molar-refractivity contribution in [2.24, 2.45) is 0 Å². The van der Waals surface area contributed by atoms with Gasteiger partial charge in [-0.05, 0) is 43.3 Å². The number of imidazole rings is 1. The van der Waals surface area contributed by atoms with E-state index in [1.807, 2.05) is 5.38 Å². The third-order valence-corrected chi connectivity index (χ3v) is 4.85. The maximum absolute atomic E-state index is 13.1. The van der Waals surface area contributed by atoms with Crippen molar-refractivity contribution in [3.05, 3.63) is 65.2 Å². The average molecular weight is 382 g/mol. The maximum atomic E-state index is 13.1. The Bertz CT molecular complexity index is 1130. The molecule has 4 rings (SSSR count). The number of amides is 1. The van der Waals surface area contributed by atoms with E-state index in [1.54, 1.807) is 48.9 Å². The van der Waals surface area contributed by atoms with Gasteiger partial charge < -0.3 is 4.74 Å². The summed E-state index contributed by atoms with van der Waals surface area (Å²) in [6.45, 7) is 1.77. The fourth-order valence-corrected chi connectivity index (χ4v) is 3.54. The maximum Gasteiger partial charge on any atom is 0.276 e. The summed E-state index contributed by atoms with van der Waals surface area (Å²) in [5.74, 6) is -0.0261. The molecule has 0 saturated heterocycles. The van der Waals surface area contributed by atoms with E-state index in [1.165, 1.54) is 23.5 Å². The number of hydrogen-bond acceptors (Lipinski definition) is 5. The highest BCUT2D eigenvalue weighted by molar-refractivity contribution is 7.14. The van der Waals surface area contributed by atoms with Crippen LogP contribution < -0.4 is 10.1 Å². The molecule has 0 radical (unpaired) electrons. The number of carbonyl (C=O) groups excluding carboxylic acids is 1. The third-order valence-electron chi connectivity index (χ3n) is 4.09. The van der Waals surface area contributed by atoms with Crippen LogP contribution in [0.2, 0.25) is 0 Å². The topological polar surface area (TPSA) is 68.5 Å². The number of methoxy groups -OCH3 is 1. The minimum atomic E-state index is -0.312. The number of pyridine rings is 1. The smallest absolute Gasteiger partial charge is 0.276 e. The molecule has 3 heterocycles. The van der Waals surface area contributed by atoms with Gasteiger partial charge in [-0.3, -0.25) is 14.5 Å². The fourth-order valence-electron chi connectivity index (χ4n) is 2.83. The summed E-state index contributed by atoms with van der Waals surface area (Å²) in [4.78, 5) is 21.6. The zero-order valence-electron chi connectivity index (χ0n) is 14.6. The van der Waals surface area contributed by atoms with Gasteiger partial charge in [0.25, 0.3) is 5.91 Å². The number of halogens is 1. The van der Waals surface area contributed by atoms with E-state index < -0.39 is 0 Å². The highest BCUT2D eigenvalue weighted by Crippen LogP contribution is 2.26. The van der Waals surface area contributed by atoms with Gasteiger partial charge in [0.2, 0.25) is 0 Å². The summed E-state index contributed by atoms with van der Waals surface area (Å²) in [6, 6.07) is 9.64. The van der Waals surface area contributed by atoms with Gasteiger partial charge in [-0.25, -0.2) is 14.4 Å². The van der Waals surface area contributed by atoms with E-state index in [4.69, 9.17) is 4.74 Å². The summed E-state index contributed by atoms with van der Waals surface area (Å²) in [6.07, 6.45) is 1.76. The van der Waals surface area contributed by atoms with Gasteiger partial charge >= 0.3 is 0 Å². The lowest BCUT2D eigenvalue weighted by atomic mass is 10.2. The van der Waals surface area contributed by atoms with Crippen LogP contribution in [0.4, 0.5) is 9.52 Å². The quantitative estimate of drug-likeness (QED) is 0.575. The number of aromatic nitrogens is 3. The molecule has 0 aliphatic heterocycles. The van der Waals surface area contributed by atoms with Crippen LogP contribution in [-0.4, -0.2) is 27.4 Å². The Hall–Kier alpha value is -3.26.